The minimum Gasteiger partial charge on any atom is -0.322 e. The van der Waals surface area contributed by atoms with Crippen molar-refractivity contribution >= 4 is 27.5 Å². The van der Waals surface area contributed by atoms with Crippen LogP contribution < -0.4 is 5.32 Å². The maximum Gasteiger partial charge on any atom is 0.257 e. The molecule has 0 atom stereocenters. The van der Waals surface area contributed by atoms with Crippen molar-refractivity contribution in [3.05, 3.63) is 53.9 Å². The van der Waals surface area contributed by atoms with Crippen molar-refractivity contribution in [1.29, 1.82) is 0 Å². The van der Waals surface area contributed by atoms with Gasteiger partial charge in [0, 0.05) is 11.0 Å². The summed E-state index contributed by atoms with van der Waals surface area (Å²) in [6.07, 6.45) is 2.93. The SMILES string of the molecule is O=C(Nc1ccccc1CBr)c1ccnnc1. The van der Waals surface area contributed by atoms with Crippen molar-refractivity contribution in [2.24, 2.45) is 0 Å². The van der Waals surface area contributed by atoms with Gasteiger partial charge in [-0.3, -0.25) is 4.79 Å². The predicted molar refractivity (Wildman–Crippen MR) is 69.1 cm³/mol. The van der Waals surface area contributed by atoms with Crippen molar-refractivity contribution in [2.75, 3.05) is 5.32 Å². The predicted octanol–water partition coefficient (Wildman–Crippen LogP) is 2.62. The number of nitrogens with one attached hydrogen (secondary N) is 1. The maximum atomic E-state index is 11.9. The van der Waals surface area contributed by atoms with Crippen LogP contribution in [0.25, 0.3) is 0 Å². The topological polar surface area (TPSA) is 54.9 Å². The van der Waals surface area contributed by atoms with Crippen molar-refractivity contribution in [1.82, 2.24) is 10.2 Å². The van der Waals surface area contributed by atoms with Gasteiger partial charge in [0.1, 0.15) is 0 Å². The molecule has 0 aliphatic carbocycles. The summed E-state index contributed by atoms with van der Waals surface area (Å²) >= 11 is 3.38. The van der Waals surface area contributed by atoms with Gasteiger partial charge in [0.15, 0.2) is 0 Å². The molecule has 4 nitrogen and oxygen atoms in total. The zero-order chi connectivity index (χ0) is 12.1. The average molecular weight is 292 g/mol. The van der Waals surface area contributed by atoms with E-state index in [9.17, 15) is 4.79 Å². The van der Waals surface area contributed by atoms with Crippen molar-refractivity contribution in [2.45, 2.75) is 5.33 Å². The van der Waals surface area contributed by atoms with E-state index in [-0.39, 0.29) is 5.91 Å². The van der Waals surface area contributed by atoms with Crippen LogP contribution in [0.2, 0.25) is 0 Å². The van der Waals surface area contributed by atoms with Gasteiger partial charge in [-0.15, -0.1) is 0 Å². The molecule has 1 N–H and O–H groups in total. The number of amides is 1. The van der Waals surface area contributed by atoms with Gasteiger partial charge in [-0.1, -0.05) is 34.1 Å². The first-order valence-corrected chi connectivity index (χ1v) is 6.15. The lowest BCUT2D eigenvalue weighted by Gasteiger charge is -2.08. The van der Waals surface area contributed by atoms with E-state index in [1.54, 1.807) is 6.07 Å². The highest BCUT2D eigenvalue weighted by Crippen LogP contribution is 2.18. The average Bonchev–Trinajstić information content (AvgIpc) is 2.40. The monoisotopic (exact) mass is 291 g/mol. The van der Waals surface area contributed by atoms with Gasteiger partial charge >= 0.3 is 0 Å². The Morgan fingerprint density at radius 3 is 2.76 bits per heavy atom. The molecule has 17 heavy (non-hydrogen) atoms. The van der Waals surface area contributed by atoms with Crippen LogP contribution >= 0.6 is 15.9 Å². The highest BCUT2D eigenvalue weighted by atomic mass is 79.9. The second-order valence-corrected chi connectivity index (χ2v) is 3.94. The fourth-order valence-electron chi connectivity index (χ4n) is 1.38. The Bertz CT molecular complexity index is 516. The van der Waals surface area contributed by atoms with E-state index in [1.807, 2.05) is 24.3 Å². The maximum absolute atomic E-state index is 11.9. The quantitative estimate of drug-likeness (QED) is 0.885. The van der Waals surface area contributed by atoms with Gasteiger partial charge in [-0.25, -0.2) is 0 Å². The first-order valence-electron chi connectivity index (χ1n) is 5.03. The minimum absolute atomic E-state index is 0.187. The Morgan fingerprint density at radius 2 is 2.06 bits per heavy atom. The number of nitrogens with zero attached hydrogens (tertiary/aromatic N) is 2. The molecule has 0 radical (unpaired) electrons. The fraction of sp³-hybridized carbons (Fsp3) is 0.0833. The van der Waals surface area contributed by atoms with Gasteiger partial charge in [0.25, 0.3) is 5.91 Å². The molecule has 2 rings (SSSR count). The molecule has 86 valence electrons. The molecule has 0 fully saturated rings. The normalized spacial score (nSPS) is 9.94. The van der Waals surface area contributed by atoms with Gasteiger partial charge in [0.05, 0.1) is 18.0 Å². The van der Waals surface area contributed by atoms with Crippen LogP contribution in [0, 0.1) is 0 Å². The third-order valence-electron chi connectivity index (χ3n) is 2.26. The number of benzene rings is 1. The molecule has 1 heterocycles. The standard InChI is InChI=1S/C12H10BrN3O/c13-7-9-3-1-2-4-11(9)16-12(17)10-5-6-14-15-8-10/h1-6,8H,7H2,(H,16,17). The molecule has 0 aliphatic heterocycles. The highest BCUT2D eigenvalue weighted by Gasteiger charge is 2.08. The van der Waals surface area contributed by atoms with E-state index in [0.29, 0.717) is 10.9 Å². The van der Waals surface area contributed by atoms with Crippen LogP contribution in [-0.4, -0.2) is 16.1 Å². The van der Waals surface area contributed by atoms with Crippen LogP contribution in [0.1, 0.15) is 15.9 Å². The summed E-state index contributed by atoms with van der Waals surface area (Å²) in [6.45, 7) is 0. The number of rotatable bonds is 3. The lowest BCUT2D eigenvalue weighted by molar-refractivity contribution is 0.102. The third-order valence-corrected chi connectivity index (χ3v) is 2.86. The molecule has 1 amide bonds. The van der Waals surface area contributed by atoms with Gasteiger partial charge in [-0.05, 0) is 17.7 Å². The zero-order valence-electron chi connectivity index (χ0n) is 8.93. The van der Waals surface area contributed by atoms with Gasteiger partial charge in [-0.2, -0.15) is 10.2 Å². The largest absolute Gasteiger partial charge is 0.322 e. The smallest absolute Gasteiger partial charge is 0.257 e. The first kappa shape index (κ1) is 11.7. The van der Waals surface area contributed by atoms with E-state index in [2.05, 4.69) is 31.4 Å². The highest BCUT2D eigenvalue weighted by molar-refractivity contribution is 9.08. The number of carbonyl (C=O) groups is 1. The lowest BCUT2D eigenvalue weighted by atomic mass is 10.2. The molecule has 0 bridgehead atoms. The number of aromatic nitrogens is 2. The Hall–Kier alpha value is -1.75. The number of carbonyl (C=O) groups excluding carboxylic acids is 1. The molecular formula is C12H10BrN3O. The van der Waals surface area contributed by atoms with Crippen LogP contribution in [0.3, 0.4) is 0 Å². The Morgan fingerprint density at radius 1 is 1.24 bits per heavy atom. The lowest BCUT2D eigenvalue weighted by Crippen LogP contribution is -2.13. The van der Waals surface area contributed by atoms with Gasteiger partial charge < -0.3 is 5.32 Å². The van der Waals surface area contributed by atoms with E-state index < -0.39 is 0 Å². The summed E-state index contributed by atoms with van der Waals surface area (Å²) in [5, 5.41) is 10.8. The van der Waals surface area contributed by atoms with Crippen molar-refractivity contribution in [3.63, 3.8) is 0 Å². The van der Waals surface area contributed by atoms with Crippen LogP contribution in [0.15, 0.2) is 42.7 Å². The second-order valence-electron chi connectivity index (χ2n) is 3.38. The van der Waals surface area contributed by atoms with Crippen LogP contribution in [0.5, 0.6) is 0 Å². The molecular weight excluding hydrogens is 282 g/mol. The van der Waals surface area contributed by atoms with E-state index in [4.69, 9.17) is 0 Å². The number of para-hydroxylation sites is 1. The van der Waals surface area contributed by atoms with Crippen LogP contribution in [-0.2, 0) is 5.33 Å². The van der Waals surface area contributed by atoms with Crippen molar-refractivity contribution in [3.8, 4) is 0 Å². The van der Waals surface area contributed by atoms with Crippen molar-refractivity contribution < 1.29 is 4.79 Å². The Balaban J connectivity index is 2.19. The number of anilines is 1. The van der Waals surface area contributed by atoms with Gasteiger partial charge in [0.2, 0.25) is 0 Å². The molecule has 0 saturated heterocycles. The molecule has 0 spiro atoms. The second kappa shape index (κ2) is 5.54. The summed E-state index contributed by atoms with van der Waals surface area (Å²) < 4.78 is 0. The molecule has 1 aromatic carbocycles. The summed E-state index contributed by atoms with van der Waals surface area (Å²) in [7, 11) is 0. The fourth-order valence-corrected chi connectivity index (χ4v) is 1.87. The molecule has 5 heteroatoms. The summed E-state index contributed by atoms with van der Waals surface area (Å²) in [5.41, 5.74) is 2.32. The first-order chi connectivity index (χ1) is 8.31. The molecule has 2 aromatic rings. The Kier molecular flexibility index (Phi) is 3.82. The molecule has 0 unspecified atom stereocenters. The molecule has 1 aromatic heterocycles. The summed E-state index contributed by atoms with van der Waals surface area (Å²) in [5.74, 6) is -0.187. The number of hydrogen-bond donors (Lipinski definition) is 1. The molecule has 0 saturated carbocycles. The summed E-state index contributed by atoms with van der Waals surface area (Å²) in [6, 6.07) is 9.25. The third kappa shape index (κ3) is 2.88. The van der Waals surface area contributed by atoms with E-state index in [1.165, 1.54) is 12.4 Å². The van der Waals surface area contributed by atoms with Crippen LogP contribution in [0.4, 0.5) is 5.69 Å². The van der Waals surface area contributed by atoms with E-state index in [0.717, 1.165) is 11.3 Å². The van der Waals surface area contributed by atoms with E-state index >= 15 is 0 Å². The number of halogens is 1. The number of hydrogen-bond acceptors (Lipinski definition) is 3. The zero-order valence-corrected chi connectivity index (χ0v) is 10.5. The number of alkyl halides is 1. The molecule has 0 aliphatic rings. The summed E-state index contributed by atoms with van der Waals surface area (Å²) in [4.78, 5) is 11.9. The Labute approximate surface area is 107 Å². The minimum atomic E-state index is -0.187.